The van der Waals surface area contributed by atoms with Crippen LogP contribution in [0.5, 0.6) is 0 Å². The molecule has 0 bridgehead atoms. The third-order valence-corrected chi connectivity index (χ3v) is 4.78. The Morgan fingerprint density at radius 2 is 2.20 bits per heavy atom. The number of hydrogen-bond acceptors (Lipinski definition) is 5. The Bertz CT molecular complexity index is 545. The minimum absolute atomic E-state index is 0.147. The zero-order valence-corrected chi connectivity index (χ0v) is 12.9. The highest BCUT2D eigenvalue weighted by Gasteiger charge is 2.26. The molecule has 2 rings (SSSR count). The van der Waals surface area contributed by atoms with E-state index in [2.05, 4.69) is 10.0 Å². The molecule has 0 aliphatic carbocycles. The maximum Gasteiger partial charge on any atom is 0.244 e. The molecule has 1 atom stereocenters. The van der Waals surface area contributed by atoms with Crippen molar-refractivity contribution >= 4 is 10.0 Å². The second kappa shape index (κ2) is 6.26. The van der Waals surface area contributed by atoms with Crippen molar-refractivity contribution in [2.24, 2.45) is 0 Å². The summed E-state index contributed by atoms with van der Waals surface area (Å²) in [5, 5.41) is 3.20. The molecule has 114 valence electrons. The molecule has 0 amide bonds. The van der Waals surface area contributed by atoms with Crippen molar-refractivity contribution in [3.63, 3.8) is 0 Å². The van der Waals surface area contributed by atoms with Gasteiger partial charge in [-0.1, -0.05) is 13.8 Å². The molecule has 0 saturated carbocycles. The average molecular weight is 302 g/mol. The van der Waals surface area contributed by atoms with Gasteiger partial charge in [0.1, 0.15) is 16.4 Å². The van der Waals surface area contributed by atoms with Gasteiger partial charge in [-0.25, -0.2) is 13.1 Å². The van der Waals surface area contributed by atoms with E-state index in [1.54, 1.807) is 13.0 Å². The van der Waals surface area contributed by atoms with Crippen LogP contribution in [0.4, 0.5) is 0 Å². The summed E-state index contributed by atoms with van der Waals surface area (Å²) in [6.07, 6.45) is 0.706. The molecule has 1 aromatic heterocycles. The normalized spacial score (nSPS) is 19.9. The van der Waals surface area contributed by atoms with Gasteiger partial charge in [-0.15, -0.1) is 0 Å². The monoisotopic (exact) mass is 302 g/mol. The quantitative estimate of drug-likeness (QED) is 0.824. The maximum absolute atomic E-state index is 12.3. The summed E-state index contributed by atoms with van der Waals surface area (Å²) < 4.78 is 38.0. The van der Waals surface area contributed by atoms with Gasteiger partial charge in [0.15, 0.2) is 0 Å². The highest BCUT2D eigenvalue weighted by Crippen LogP contribution is 2.21. The molecule has 0 radical (unpaired) electrons. The molecule has 1 fully saturated rings. The van der Waals surface area contributed by atoms with Crippen molar-refractivity contribution in [3.05, 3.63) is 17.6 Å². The molecule has 1 saturated heterocycles. The van der Waals surface area contributed by atoms with Crippen LogP contribution in [0, 0.1) is 6.92 Å². The van der Waals surface area contributed by atoms with Gasteiger partial charge in [-0.3, -0.25) is 0 Å². The van der Waals surface area contributed by atoms with Gasteiger partial charge in [0.2, 0.25) is 10.0 Å². The largest absolute Gasteiger partial charge is 0.464 e. The fourth-order valence-corrected chi connectivity index (χ4v) is 3.55. The second-order valence-electron chi connectivity index (χ2n) is 5.35. The van der Waals surface area contributed by atoms with E-state index >= 15 is 0 Å². The number of nitrogens with one attached hydrogen (secondary N) is 2. The standard InChI is InChI=1S/C13H22N2O4S/c1-9(2)14-7-12-6-13(10(3)19-12)20(16,17)15-11-4-5-18-8-11/h6,9,11,14-15H,4-5,7-8H2,1-3H3. The lowest BCUT2D eigenvalue weighted by molar-refractivity contribution is 0.192. The smallest absolute Gasteiger partial charge is 0.244 e. The van der Waals surface area contributed by atoms with Gasteiger partial charge in [0.25, 0.3) is 0 Å². The van der Waals surface area contributed by atoms with E-state index < -0.39 is 10.0 Å². The number of ether oxygens (including phenoxy) is 1. The SMILES string of the molecule is Cc1oc(CNC(C)C)cc1S(=O)(=O)NC1CCOC1. The van der Waals surface area contributed by atoms with Gasteiger partial charge in [-0.05, 0) is 13.3 Å². The number of sulfonamides is 1. The minimum atomic E-state index is -3.54. The lowest BCUT2D eigenvalue weighted by Gasteiger charge is -2.10. The summed E-state index contributed by atoms with van der Waals surface area (Å²) in [6.45, 7) is 7.25. The van der Waals surface area contributed by atoms with Gasteiger partial charge >= 0.3 is 0 Å². The lowest BCUT2D eigenvalue weighted by Crippen LogP contribution is -2.35. The van der Waals surface area contributed by atoms with Gasteiger partial charge in [0.05, 0.1) is 13.2 Å². The van der Waals surface area contributed by atoms with Crippen LogP contribution >= 0.6 is 0 Å². The van der Waals surface area contributed by atoms with Crippen LogP contribution in [0.15, 0.2) is 15.4 Å². The Labute approximate surface area is 119 Å². The Balaban J connectivity index is 2.10. The summed E-state index contributed by atoms with van der Waals surface area (Å²) in [6, 6.07) is 1.75. The van der Waals surface area contributed by atoms with E-state index in [4.69, 9.17) is 9.15 Å². The zero-order valence-electron chi connectivity index (χ0n) is 12.1. The first-order valence-electron chi connectivity index (χ1n) is 6.81. The fraction of sp³-hybridized carbons (Fsp3) is 0.692. The van der Waals surface area contributed by atoms with E-state index in [-0.39, 0.29) is 10.9 Å². The van der Waals surface area contributed by atoms with Crippen molar-refractivity contribution in [1.29, 1.82) is 0 Å². The Morgan fingerprint density at radius 3 is 2.80 bits per heavy atom. The average Bonchev–Trinajstić information content (AvgIpc) is 2.95. The Morgan fingerprint density at radius 1 is 1.45 bits per heavy atom. The van der Waals surface area contributed by atoms with Crippen LogP contribution in [0.25, 0.3) is 0 Å². The lowest BCUT2D eigenvalue weighted by atomic mass is 10.3. The molecule has 6 nitrogen and oxygen atoms in total. The topological polar surface area (TPSA) is 80.6 Å². The number of aryl methyl sites for hydroxylation is 1. The number of furan rings is 1. The summed E-state index contributed by atoms with van der Waals surface area (Å²) in [5.74, 6) is 1.04. The molecule has 20 heavy (non-hydrogen) atoms. The van der Waals surface area contributed by atoms with E-state index in [1.807, 2.05) is 13.8 Å². The summed E-state index contributed by atoms with van der Waals surface area (Å²) >= 11 is 0. The maximum atomic E-state index is 12.3. The highest BCUT2D eigenvalue weighted by atomic mass is 32.2. The minimum Gasteiger partial charge on any atom is -0.464 e. The Hall–Kier alpha value is -0.890. The van der Waals surface area contributed by atoms with Crippen LogP contribution in [0.1, 0.15) is 31.8 Å². The molecule has 0 aromatic carbocycles. The van der Waals surface area contributed by atoms with Crippen LogP contribution in [0.2, 0.25) is 0 Å². The van der Waals surface area contributed by atoms with Crippen molar-refractivity contribution in [2.75, 3.05) is 13.2 Å². The molecular formula is C13H22N2O4S. The van der Waals surface area contributed by atoms with Crippen molar-refractivity contribution in [1.82, 2.24) is 10.0 Å². The van der Waals surface area contributed by atoms with Crippen LogP contribution in [-0.4, -0.2) is 33.7 Å². The van der Waals surface area contributed by atoms with Crippen LogP contribution in [-0.2, 0) is 21.3 Å². The first-order valence-corrected chi connectivity index (χ1v) is 8.29. The van der Waals surface area contributed by atoms with Crippen LogP contribution in [0.3, 0.4) is 0 Å². The van der Waals surface area contributed by atoms with Crippen molar-refractivity contribution in [2.45, 2.75) is 50.7 Å². The molecule has 2 N–H and O–H groups in total. The first-order chi connectivity index (χ1) is 9.38. The fourth-order valence-electron chi connectivity index (χ4n) is 2.09. The molecule has 1 aromatic rings. The van der Waals surface area contributed by atoms with E-state index in [1.165, 1.54) is 0 Å². The van der Waals surface area contributed by atoms with Crippen molar-refractivity contribution < 1.29 is 17.6 Å². The number of hydrogen-bond donors (Lipinski definition) is 2. The first kappa shape index (κ1) is 15.5. The molecular weight excluding hydrogens is 280 g/mol. The summed E-state index contributed by atoms with van der Waals surface area (Å²) in [5.41, 5.74) is 0. The highest BCUT2D eigenvalue weighted by molar-refractivity contribution is 7.89. The molecule has 0 spiro atoms. The third-order valence-electron chi connectivity index (χ3n) is 3.15. The van der Waals surface area contributed by atoms with Gasteiger partial charge < -0.3 is 14.5 Å². The van der Waals surface area contributed by atoms with Crippen LogP contribution < -0.4 is 10.0 Å². The van der Waals surface area contributed by atoms with E-state index in [0.717, 1.165) is 0 Å². The Kier molecular flexibility index (Phi) is 4.85. The summed E-state index contributed by atoms with van der Waals surface area (Å²) in [7, 11) is -3.54. The second-order valence-corrected chi connectivity index (χ2v) is 7.03. The van der Waals surface area contributed by atoms with Crippen molar-refractivity contribution in [3.8, 4) is 0 Å². The number of rotatable bonds is 6. The molecule has 1 unspecified atom stereocenters. The van der Waals surface area contributed by atoms with Gasteiger partial charge in [0, 0.05) is 24.8 Å². The molecule has 2 heterocycles. The predicted octanol–water partition coefficient (Wildman–Crippen LogP) is 1.15. The molecule has 1 aliphatic heterocycles. The summed E-state index contributed by atoms with van der Waals surface area (Å²) in [4.78, 5) is 0.213. The predicted molar refractivity (Wildman–Crippen MR) is 75.0 cm³/mol. The van der Waals surface area contributed by atoms with Gasteiger partial charge in [-0.2, -0.15) is 0 Å². The third kappa shape index (κ3) is 3.82. The molecule has 1 aliphatic rings. The van der Waals surface area contributed by atoms with E-state index in [9.17, 15) is 8.42 Å². The zero-order chi connectivity index (χ0) is 14.8. The molecule has 7 heteroatoms. The van der Waals surface area contributed by atoms with E-state index in [0.29, 0.717) is 43.7 Å².